The lowest BCUT2D eigenvalue weighted by molar-refractivity contribution is -0.140. The lowest BCUT2D eigenvalue weighted by Gasteiger charge is -2.32. The number of benzene rings is 1. The van der Waals surface area contributed by atoms with Crippen LogP contribution in [-0.2, 0) is 30.5 Å². The number of nitrogens with zero attached hydrogens (tertiary/aromatic N) is 2. The first-order valence-corrected chi connectivity index (χ1v) is 11.8. The molecule has 1 saturated carbocycles. The first-order chi connectivity index (χ1) is 16.2. The van der Waals surface area contributed by atoms with Gasteiger partial charge >= 0.3 is 6.18 Å². The van der Waals surface area contributed by atoms with E-state index in [0.717, 1.165) is 25.1 Å². The highest BCUT2D eigenvalue weighted by atomic mass is 19.4. The van der Waals surface area contributed by atoms with Gasteiger partial charge in [0.25, 0.3) is 5.56 Å². The molecule has 7 nitrogen and oxygen atoms in total. The molecule has 1 aromatic heterocycles. The number of carbonyl (C=O) groups excluding carboxylic acids is 1. The highest BCUT2D eigenvalue weighted by Crippen LogP contribution is 2.37. The number of ether oxygens (including phenoxy) is 1. The van der Waals surface area contributed by atoms with Crippen molar-refractivity contribution in [1.82, 2.24) is 15.0 Å². The zero-order valence-corrected chi connectivity index (χ0v) is 19.4. The van der Waals surface area contributed by atoms with Crippen LogP contribution in [0.25, 0.3) is 0 Å². The summed E-state index contributed by atoms with van der Waals surface area (Å²) in [6.07, 6.45) is -0.326. The monoisotopic (exact) mass is 481 g/mol. The van der Waals surface area contributed by atoms with Crippen LogP contribution in [0.3, 0.4) is 0 Å². The van der Waals surface area contributed by atoms with Gasteiger partial charge in [-0.1, -0.05) is 20.3 Å². The van der Waals surface area contributed by atoms with E-state index in [9.17, 15) is 22.8 Å². The average Bonchev–Trinajstić information content (AvgIpc) is 3.45. The first-order valence-electron chi connectivity index (χ1n) is 11.8. The van der Waals surface area contributed by atoms with E-state index in [1.807, 2.05) is 0 Å². The molecule has 0 bridgehead atoms. The number of H-pyrrole nitrogens is 1. The SMILES string of the molecule is CCC.O=C(C1CCC(N2CCc3o[nH]c(=O)c3C2)C1)N1COc2ccc(C(F)(F)F)cc2C1. The van der Waals surface area contributed by atoms with Crippen LogP contribution in [0.1, 0.15) is 62.0 Å². The second-order valence-corrected chi connectivity index (χ2v) is 9.16. The Morgan fingerprint density at radius 1 is 1.21 bits per heavy atom. The summed E-state index contributed by atoms with van der Waals surface area (Å²) in [6, 6.07) is 3.55. The number of amides is 1. The van der Waals surface area contributed by atoms with Crippen molar-refractivity contribution < 1.29 is 27.2 Å². The summed E-state index contributed by atoms with van der Waals surface area (Å²) in [4.78, 5) is 28.6. The third-order valence-corrected chi connectivity index (χ3v) is 6.57. The van der Waals surface area contributed by atoms with E-state index < -0.39 is 11.7 Å². The topological polar surface area (TPSA) is 78.8 Å². The molecule has 2 atom stereocenters. The summed E-state index contributed by atoms with van der Waals surface area (Å²) in [6.45, 7) is 5.67. The minimum absolute atomic E-state index is 0.0375. The average molecular weight is 482 g/mol. The van der Waals surface area contributed by atoms with Gasteiger partial charge in [0.1, 0.15) is 11.5 Å². The van der Waals surface area contributed by atoms with Crippen LogP contribution in [-0.4, -0.2) is 40.2 Å². The van der Waals surface area contributed by atoms with Gasteiger partial charge in [-0.25, -0.2) is 0 Å². The van der Waals surface area contributed by atoms with Crippen LogP contribution in [0.15, 0.2) is 27.5 Å². The van der Waals surface area contributed by atoms with Crippen LogP contribution < -0.4 is 10.3 Å². The number of hydrogen-bond acceptors (Lipinski definition) is 5. The number of alkyl halides is 3. The van der Waals surface area contributed by atoms with Gasteiger partial charge in [0.15, 0.2) is 6.73 Å². The largest absolute Gasteiger partial charge is 0.473 e. The zero-order valence-electron chi connectivity index (χ0n) is 19.4. The predicted molar refractivity (Wildman–Crippen MR) is 118 cm³/mol. The fraction of sp³-hybridized carbons (Fsp3) is 0.583. The Hall–Kier alpha value is -2.75. The van der Waals surface area contributed by atoms with Crippen LogP contribution >= 0.6 is 0 Å². The van der Waals surface area contributed by atoms with Gasteiger partial charge in [0.2, 0.25) is 5.91 Å². The quantitative estimate of drug-likeness (QED) is 0.692. The minimum atomic E-state index is -4.44. The van der Waals surface area contributed by atoms with Gasteiger partial charge in [0, 0.05) is 37.0 Å². The molecule has 2 aliphatic heterocycles. The Bertz CT molecular complexity index is 1080. The van der Waals surface area contributed by atoms with E-state index >= 15 is 0 Å². The van der Waals surface area contributed by atoms with Crippen LogP contribution in [0.4, 0.5) is 13.2 Å². The van der Waals surface area contributed by atoms with E-state index in [-0.39, 0.29) is 36.7 Å². The molecule has 3 aliphatic rings. The molecule has 0 spiro atoms. The molecule has 1 aliphatic carbocycles. The number of nitrogens with one attached hydrogen (secondary N) is 1. The van der Waals surface area contributed by atoms with Crippen molar-refractivity contribution >= 4 is 5.91 Å². The summed E-state index contributed by atoms with van der Waals surface area (Å²) < 4.78 is 49.8. The van der Waals surface area contributed by atoms with Crippen LogP contribution in [0.2, 0.25) is 0 Å². The predicted octanol–water partition coefficient (Wildman–Crippen LogP) is 4.31. The molecule has 10 heteroatoms. The number of carbonyl (C=O) groups is 1. The Labute approximate surface area is 195 Å². The van der Waals surface area contributed by atoms with Crippen LogP contribution in [0, 0.1) is 5.92 Å². The summed E-state index contributed by atoms with van der Waals surface area (Å²) in [5, 5.41) is 2.38. The van der Waals surface area contributed by atoms with Crippen molar-refractivity contribution in [1.29, 1.82) is 0 Å². The molecule has 2 aromatic rings. The van der Waals surface area contributed by atoms with Crippen molar-refractivity contribution in [2.75, 3.05) is 13.3 Å². The fourth-order valence-electron chi connectivity index (χ4n) is 4.89. The molecule has 1 amide bonds. The Morgan fingerprint density at radius 2 is 1.97 bits per heavy atom. The van der Waals surface area contributed by atoms with Gasteiger partial charge in [-0.3, -0.25) is 14.5 Å². The summed E-state index contributed by atoms with van der Waals surface area (Å²) in [7, 11) is 0. The zero-order chi connectivity index (χ0) is 24.5. The summed E-state index contributed by atoms with van der Waals surface area (Å²) in [5.41, 5.74) is 0.0747. The fourth-order valence-corrected chi connectivity index (χ4v) is 4.89. The Morgan fingerprint density at radius 3 is 2.71 bits per heavy atom. The number of halogens is 3. The second-order valence-electron chi connectivity index (χ2n) is 9.16. The number of hydrogen-bond donors (Lipinski definition) is 1. The van der Waals surface area contributed by atoms with Gasteiger partial charge < -0.3 is 14.2 Å². The minimum Gasteiger partial charge on any atom is -0.473 e. The van der Waals surface area contributed by atoms with Crippen LogP contribution in [0.5, 0.6) is 5.75 Å². The molecule has 5 rings (SSSR count). The van der Waals surface area contributed by atoms with Crippen molar-refractivity contribution in [2.45, 2.75) is 71.3 Å². The number of fused-ring (bicyclic) bond motifs is 2. The van der Waals surface area contributed by atoms with Gasteiger partial charge in [-0.15, -0.1) is 0 Å². The molecule has 1 fully saturated rings. The lowest BCUT2D eigenvalue weighted by Crippen LogP contribution is -2.42. The molecule has 0 radical (unpaired) electrons. The third kappa shape index (κ3) is 5.01. The molecule has 0 saturated heterocycles. The van der Waals surface area contributed by atoms with Crippen molar-refractivity contribution in [2.24, 2.45) is 5.92 Å². The van der Waals surface area contributed by atoms with Crippen molar-refractivity contribution in [3.8, 4) is 5.75 Å². The molecule has 3 heterocycles. The highest BCUT2D eigenvalue weighted by molar-refractivity contribution is 5.79. The smallest absolute Gasteiger partial charge is 0.416 e. The molecule has 1 aromatic carbocycles. The van der Waals surface area contributed by atoms with Crippen molar-refractivity contribution in [3.63, 3.8) is 0 Å². The number of rotatable bonds is 2. The highest BCUT2D eigenvalue weighted by Gasteiger charge is 2.38. The van der Waals surface area contributed by atoms with E-state index in [1.54, 1.807) is 0 Å². The molecular weight excluding hydrogens is 451 g/mol. The molecule has 34 heavy (non-hydrogen) atoms. The first kappa shape index (κ1) is 24.4. The van der Waals surface area contributed by atoms with Gasteiger partial charge in [0.05, 0.1) is 17.7 Å². The Balaban J connectivity index is 0.000000868. The van der Waals surface area contributed by atoms with E-state index in [0.29, 0.717) is 48.4 Å². The second kappa shape index (κ2) is 9.85. The maximum atomic E-state index is 13.1. The maximum Gasteiger partial charge on any atom is 0.416 e. The van der Waals surface area contributed by atoms with E-state index in [2.05, 4.69) is 23.9 Å². The van der Waals surface area contributed by atoms with Gasteiger partial charge in [-0.2, -0.15) is 18.3 Å². The third-order valence-electron chi connectivity index (χ3n) is 6.57. The van der Waals surface area contributed by atoms with Crippen molar-refractivity contribution in [3.05, 3.63) is 51.0 Å². The normalized spacial score (nSPS) is 22.3. The van der Waals surface area contributed by atoms with E-state index in [1.165, 1.54) is 17.4 Å². The molecule has 2 unspecified atom stereocenters. The van der Waals surface area contributed by atoms with Gasteiger partial charge in [-0.05, 0) is 37.5 Å². The summed E-state index contributed by atoms with van der Waals surface area (Å²) >= 11 is 0. The van der Waals surface area contributed by atoms with E-state index in [4.69, 9.17) is 9.26 Å². The standard InChI is InChI=1S/C21H22F3N3O4.C3H8/c22-21(23,24)14-2-4-17-13(7-14)9-27(11-30-17)20(29)12-1-3-15(8-12)26-6-5-18-16(10-26)19(28)25-31-18;1-3-2/h2,4,7,12,15H,1,3,5-6,8-11H2,(H,25,28);3H2,1-2H3. The molecule has 1 N–H and O–H groups in total. The molecule has 186 valence electrons. The molecular formula is C24H30F3N3O4. The summed E-state index contributed by atoms with van der Waals surface area (Å²) in [5.74, 6) is 0.791. The lowest BCUT2D eigenvalue weighted by atomic mass is 10.0. The number of aromatic nitrogens is 1. The Kier molecular flexibility index (Phi) is 7.06. The number of aromatic amines is 1. The maximum absolute atomic E-state index is 13.1.